The van der Waals surface area contributed by atoms with Gasteiger partial charge in [0, 0.05) is 6.07 Å². The van der Waals surface area contributed by atoms with Gasteiger partial charge in [0.1, 0.15) is 11.3 Å². The van der Waals surface area contributed by atoms with Gasteiger partial charge in [-0.3, -0.25) is 0 Å². The number of hydrogen-bond acceptors (Lipinski definition) is 5. The van der Waals surface area contributed by atoms with E-state index in [1.165, 1.54) is 31.8 Å². The van der Waals surface area contributed by atoms with Crippen molar-refractivity contribution in [3.8, 4) is 17.2 Å². The van der Waals surface area contributed by atoms with Crippen LogP contribution in [0.2, 0.25) is 0 Å². The smallest absolute Gasteiger partial charge is 0.383 e. The highest BCUT2D eigenvalue weighted by Gasteiger charge is 2.15. The van der Waals surface area contributed by atoms with Gasteiger partial charge >= 0.3 is 5.63 Å². The summed E-state index contributed by atoms with van der Waals surface area (Å²) in [7, 11) is 0. The van der Waals surface area contributed by atoms with E-state index < -0.39 is 5.63 Å². The van der Waals surface area contributed by atoms with Crippen molar-refractivity contribution < 1.29 is 19.0 Å². The number of ether oxygens (including phenoxy) is 2. The SMILES string of the molecule is CC=COc1ccc2c(O)c(OC=CCCCCCC)c(=O)oc2c1. The maximum Gasteiger partial charge on any atom is 0.383 e. The van der Waals surface area contributed by atoms with Gasteiger partial charge in [-0.25, -0.2) is 4.79 Å². The number of fused-ring (bicyclic) bond motifs is 1. The molecule has 0 radical (unpaired) electrons. The fourth-order valence-corrected chi connectivity index (χ4v) is 2.34. The molecule has 0 aliphatic rings. The Morgan fingerprint density at radius 3 is 2.76 bits per heavy atom. The molecule has 0 atom stereocenters. The normalized spacial score (nSPS) is 11.6. The molecule has 0 fully saturated rings. The molecule has 0 bridgehead atoms. The van der Waals surface area contributed by atoms with Crippen molar-refractivity contribution in [2.75, 3.05) is 0 Å². The van der Waals surface area contributed by atoms with Gasteiger partial charge in [0.05, 0.1) is 17.9 Å². The summed E-state index contributed by atoms with van der Waals surface area (Å²) in [4.78, 5) is 12.0. The van der Waals surface area contributed by atoms with Crippen molar-refractivity contribution in [2.24, 2.45) is 0 Å². The van der Waals surface area contributed by atoms with Gasteiger partial charge in [-0.2, -0.15) is 0 Å². The summed E-state index contributed by atoms with van der Waals surface area (Å²) in [6, 6.07) is 4.84. The number of aromatic hydroxyl groups is 1. The molecule has 0 amide bonds. The first-order valence-electron chi connectivity index (χ1n) is 8.56. The Kier molecular flexibility index (Phi) is 7.14. The van der Waals surface area contributed by atoms with Crippen LogP contribution in [0, 0.1) is 0 Å². The van der Waals surface area contributed by atoms with E-state index in [2.05, 4.69) is 6.92 Å². The summed E-state index contributed by atoms with van der Waals surface area (Å²) < 4.78 is 15.9. The topological polar surface area (TPSA) is 68.9 Å². The second-order valence-corrected chi connectivity index (χ2v) is 5.65. The molecule has 0 saturated heterocycles. The zero-order valence-corrected chi connectivity index (χ0v) is 14.7. The van der Waals surface area contributed by atoms with Crippen LogP contribution in [-0.4, -0.2) is 5.11 Å². The Morgan fingerprint density at radius 2 is 2.00 bits per heavy atom. The average Bonchev–Trinajstić information content (AvgIpc) is 2.61. The second-order valence-electron chi connectivity index (χ2n) is 5.65. The monoisotopic (exact) mass is 344 g/mol. The molecule has 134 valence electrons. The molecule has 0 aliphatic heterocycles. The molecule has 2 rings (SSSR count). The maximum absolute atomic E-state index is 12.0. The predicted molar refractivity (Wildman–Crippen MR) is 98.1 cm³/mol. The van der Waals surface area contributed by atoms with E-state index in [9.17, 15) is 9.90 Å². The number of rotatable bonds is 9. The Bertz CT molecular complexity index is 802. The van der Waals surface area contributed by atoms with Crippen molar-refractivity contribution in [3.05, 3.63) is 53.3 Å². The molecule has 1 heterocycles. The van der Waals surface area contributed by atoms with Crippen LogP contribution < -0.4 is 15.1 Å². The first kappa shape index (κ1) is 18.6. The van der Waals surface area contributed by atoms with E-state index in [0.29, 0.717) is 11.1 Å². The third-order valence-electron chi connectivity index (χ3n) is 3.66. The van der Waals surface area contributed by atoms with Gasteiger partial charge < -0.3 is 19.0 Å². The van der Waals surface area contributed by atoms with E-state index in [1.54, 1.807) is 24.3 Å². The number of allylic oxidation sites excluding steroid dienone is 2. The van der Waals surface area contributed by atoms with E-state index in [4.69, 9.17) is 13.9 Å². The number of unbranched alkanes of at least 4 members (excludes halogenated alkanes) is 4. The molecule has 1 aromatic heterocycles. The zero-order chi connectivity index (χ0) is 18.1. The van der Waals surface area contributed by atoms with Gasteiger partial charge in [0.25, 0.3) is 5.75 Å². The highest BCUT2D eigenvalue weighted by molar-refractivity contribution is 5.86. The van der Waals surface area contributed by atoms with Gasteiger partial charge in [-0.15, -0.1) is 0 Å². The van der Waals surface area contributed by atoms with Gasteiger partial charge in [0.15, 0.2) is 5.75 Å². The lowest BCUT2D eigenvalue weighted by atomic mass is 10.1. The number of benzene rings is 1. The number of hydrogen-bond donors (Lipinski definition) is 1. The Hall–Kier alpha value is -2.69. The van der Waals surface area contributed by atoms with E-state index in [-0.39, 0.29) is 17.1 Å². The molecule has 1 aromatic carbocycles. The van der Waals surface area contributed by atoms with Crippen LogP contribution in [0.1, 0.15) is 46.0 Å². The quantitative estimate of drug-likeness (QED) is 0.381. The highest BCUT2D eigenvalue weighted by Crippen LogP contribution is 2.33. The lowest BCUT2D eigenvalue weighted by Crippen LogP contribution is -2.03. The standard InChI is InChI=1S/C20H24O5/c1-3-5-6-7-8-9-13-24-19-18(21)16-11-10-15(23-12-4-2)14-17(16)25-20(19)22/h4,9-14,21H,3,5-8H2,1-2H3. The Labute approximate surface area is 147 Å². The average molecular weight is 344 g/mol. The fourth-order valence-electron chi connectivity index (χ4n) is 2.34. The molecule has 2 aromatic rings. The maximum atomic E-state index is 12.0. The molecular weight excluding hydrogens is 320 g/mol. The molecule has 5 heteroatoms. The lowest BCUT2D eigenvalue weighted by Gasteiger charge is -2.06. The molecule has 0 saturated carbocycles. The third-order valence-corrected chi connectivity index (χ3v) is 3.66. The van der Waals surface area contributed by atoms with Crippen molar-refractivity contribution in [2.45, 2.75) is 46.0 Å². The van der Waals surface area contributed by atoms with Crippen molar-refractivity contribution in [1.29, 1.82) is 0 Å². The molecule has 0 aliphatic carbocycles. The third kappa shape index (κ3) is 5.14. The second kappa shape index (κ2) is 9.57. The highest BCUT2D eigenvalue weighted by atomic mass is 16.5. The Morgan fingerprint density at radius 1 is 1.16 bits per heavy atom. The molecule has 0 spiro atoms. The zero-order valence-electron chi connectivity index (χ0n) is 14.7. The van der Waals surface area contributed by atoms with Crippen molar-refractivity contribution in [1.82, 2.24) is 0 Å². The molecule has 1 N–H and O–H groups in total. The van der Waals surface area contributed by atoms with Crippen LogP contribution in [0.25, 0.3) is 11.0 Å². The Balaban J connectivity index is 2.13. The lowest BCUT2D eigenvalue weighted by molar-refractivity contribution is 0.384. The summed E-state index contributed by atoms with van der Waals surface area (Å²) >= 11 is 0. The minimum absolute atomic E-state index is 0.209. The van der Waals surface area contributed by atoms with E-state index >= 15 is 0 Å². The molecular formula is C20H24O5. The summed E-state index contributed by atoms with van der Waals surface area (Å²) in [5.41, 5.74) is -0.496. The van der Waals surface area contributed by atoms with Gasteiger partial charge in [-0.05, 0) is 38.0 Å². The van der Waals surface area contributed by atoms with Crippen LogP contribution in [0.4, 0.5) is 0 Å². The van der Waals surface area contributed by atoms with Crippen LogP contribution in [-0.2, 0) is 0 Å². The minimum Gasteiger partial charge on any atom is -0.504 e. The fraction of sp³-hybridized carbons (Fsp3) is 0.350. The van der Waals surface area contributed by atoms with E-state index in [0.717, 1.165) is 12.8 Å². The summed E-state index contributed by atoms with van der Waals surface area (Å²) in [6.07, 6.45) is 12.0. The van der Waals surface area contributed by atoms with Crippen LogP contribution >= 0.6 is 0 Å². The largest absolute Gasteiger partial charge is 0.504 e. The molecule has 0 unspecified atom stereocenters. The van der Waals surface area contributed by atoms with Gasteiger partial charge in [0.2, 0.25) is 0 Å². The summed E-state index contributed by atoms with van der Waals surface area (Å²) in [6.45, 7) is 3.99. The van der Waals surface area contributed by atoms with E-state index in [1.807, 2.05) is 13.0 Å². The van der Waals surface area contributed by atoms with Crippen molar-refractivity contribution in [3.63, 3.8) is 0 Å². The minimum atomic E-state index is -0.733. The van der Waals surface area contributed by atoms with Crippen LogP contribution in [0.5, 0.6) is 17.2 Å². The first-order chi connectivity index (χ1) is 12.2. The predicted octanol–water partition coefficient (Wildman–Crippen LogP) is 5.27. The summed E-state index contributed by atoms with van der Waals surface area (Å²) in [5, 5.41) is 10.7. The van der Waals surface area contributed by atoms with Crippen molar-refractivity contribution >= 4 is 11.0 Å². The molecule has 5 nitrogen and oxygen atoms in total. The van der Waals surface area contributed by atoms with Crippen LogP contribution in [0.15, 0.2) is 52.1 Å². The van der Waals surface area contributed by atoms with Gasteiger partial charge in [-0.1, -0.05) is 32.3 Å². The summed E-state index contributed by atoms with van der Waals surface area (Å²) in [5.74, 6) is 0.0627. The first-order valence-corrected chi connectivity index (χ1v) is 8.56. The van der Waals surface area contributed by atoms with Crippen LogP contribution in [0.3, 0.4) is 0 Å². The molecule has 25 heavy (non-hydrogen) atoms.